The molecule has 1 aliphatic rings. The van der Waals surface area contributed by atoms with E-state index in [2.05, 4.69) is 61.4 Å². The summed E-state index contributed by atoms with van der Waals surface area (Å²) in [5.41, 5.74) is 3.60. The number of ether oxygens (including phenoxy) is 2. The van der Waals surface area contributed by atoms with Gasteiger partial charge in [0.1, 0.15) is 6.61 Å². The van der Waals surface area contributed by atoms with E-state index in [9.17, 15) is 0 Å². The minimum atomic E-state index is 0.644. The molecule has 0 N–H and O–H groups in total. The third kappa shape index (κ3) is 4.31. The van der Waals surface area contributed by atoms with Crippen molar-refractivity contribution < 1.29 is 9.47 Å². The highest BCUT2D eigenvalue weighted by Crippen LogP contribution is 2.38. The van der Waals surface area contributed by atoms with Gasteiger partial charge in [-0.2, -0.15) is 0 Å². The lowest BCUT2D eigenvalue weighted by atomic mass is 10.0. The maximum Gasteiger partial charge on any atom is 0.165 e. The smallest absolute Gasteiger partial charge is 0.165 e. The van der Waals surface area contributed by atoms with Crippen LogP contribution in [0.2, 0.25) is 0 Å². The summed E-state index contributed by atoms with van der Waals surface area (Å²) in [4.78, 5) is 3.74. The third-order valence-corrected chi connectivity index (χ3v) is 5.19. The minimum absolute atomic E-state index is 0.644. The van der Waals surface area contributed by atoms with Crippen molar-refractivity contribution >= 4 is 11.8 Å². The zero-order valence-electron chi connectivity index (χ0n) is 15.5. The molecule has 0 saturated carbocycles. The molecule has 0 aliphatic carbocycles. The van der Waals surface area contributed by atoms with Crippen LogP contribution in [0.5, 0.6) is 11.5 Å². The van der Waals surface area contributed by atoms with E-state index in [1.165, 1.54) is 21.6 Å². The number of hydrogen-bond acceptors (Lipinski definition) is 4. The molecule has 0 unspecified atom stereocenters. The number of benzene rings is 2. The van der Waals surface area contributed by atoms with Crippen LogP contribution in [0.4, 0.5) is 0 Å². The van der Waals surface area contributed by atoms with E-state index in [0.29, 0.717) is 12.5 Å². The van der Waals surface area contributed by atoms with Crippen LogP contribution >= 0.6 is 11.8 Å². The topological polar surface area (TPSA) is 21.7 Å². The van der Waals surface area contributed by atoms with E-state index in [1.54, 1.807) is 18.9 Å². The van der Waals surface area contributed by atoms with Crippen molar-refractivity contribution in [3.8, 4) is 22.6 Å². The fraction of sp³-hybridized carbons (Fsp3) is 0.429. The monoisotopic (exact) mass is 357 g/mol. The van der Waals surface area contributed by atoms with Gasteiger partial charge >= 0.3 is 0 Å². The summed E-state index contributed by atoms with van der Waals surface area (Å²) in [5.74, 6) is 2.37. The van der Waals surface area contributed by atoms with Gasteiger partial charge < -0.3 is 9.47 Å². The van der Waals surface area contributed by atoms with Crippen LogP contribution in [0.15, 0.2) is 41.3 Å². The van der Waals surface area contributed by atoms with Gasteiger partial charge in [0.25, 0.3) is 0 Å². The predicted molar refractivity (Wildman–Crippen MR) is 106 cm³/mol. The van der Waals surface area contributed by atoms with Crippen molar-refractivity contribution in [3.63, 3.8) is 0 Å². The lowest BCUT2D eigenvalue weighted by Crippen LogP contribution is -2.29. The molecule has 3 rings (SSSR count). The van der Waals surface area contributed by atoms with Gasteiger partial charge in [0.2, 0.25) is 0 Å². The largest absolute Gasteiger partial charge is 0.493 e. The maximum absolute atomic E-state index is 6.04. The molecule has 25 heavy (non-hydrogen) atoms. The first-order valence-corrected chi connectivity index (χ1v) is 10.0. The summed E-state index contributed by atoms with van der Waals surface area (Å²) in [5, 5.41) is 0. The quantitative estimate of drug-likeness (QED) is 0.707. The number of methoxy groups -OCH3 is 1. The summed E-state index contributed by atoms with van der Waals surface area (Å²) in [7, 11) is 1.72. The molecule has 0 amide bonds. The Bertz CT molecular complexity index is 713. The Kier molecular flexibility index (Phi) is 5.92. The Morgan fingerprint density at radius 1 is 1.16 bits per heavy atom. The van der Waals surface area contributed by atoms with Crippen LogP contribution in [-0.4, -0.2) is 38.0 Å². The van der Waals surface area contributed by atoms with E-state index < -0.39 is 0 Å². The molecule has 0 aromatic heterocycles. The summed E-state index contributed by atoms with van der Waals surface area (Å²) < 4.78 is 11.7. The Morgan fingerprint density at radius 3 is 2.56 bits per heavy atom. The average Bonchev–Trinajstić information content (AvgIpc) is 2.82. The fourth-order valence-corrected chi connectivity index (χ4v) is 3.72. The van der Waals surface area contributed by atoms with Crippen molar-refractivity contribution in [2.75, 3.05) is 33.1 Å². The molecule has 0 spiro atoms. The van der Waals surface area contributed by atoms with Crippen molar-refractivity contribution in [2.45, 2.75) is 25.3 Å². The van der Waals surface area contributed by atoms with E-state index >= 15 is 0 Å². The van der Waals surface area contributed by atoms with Crippen molar-refractivity contribution in [1.29, 1.82) is 0 Å². The average molecular weight is 358 g/mol. The molecule has 0 atom stereocenters. The molecule has 2 aromatic rings. The number of rotatable bonds is 5. The minimum Gasteiger partial charge on any atom is -0.493 e. The van der Waals surface area contributed by atoms with Crippen molar-refractivity contribution in [2.24, 2.45) is 5.92 Å². The predicted octanol–water partition coefficient (Wildman–Crippen LogP) is 4.93. The van der Waals surface area contributed by atoms with Gasteiger partial charge in [-0.05, 0) is 47.6 Å². The van der Waals surface area contributed by atoms with Gasteiger partial charge in [0.15, 0.2) is 11.5 Å². The molecule has 0 fully saturated rings. The number of thioether (sulfide) groups is 1. The first kappa shape index (κ1) is 18.2. The standard InChI is InChI=1S/C21H27NO2S/c1-15(2)13-22-9-10-24-21-18(14-22)11-17(12-20(21)23-3)16-5-7-19(25-4)8-6-16/h5-8,11-12,15H,9-10,13-14H2,1-4H3. The van der Waals surface area contributed by atoms with Crippen LogP contribution < -0.4 is 9.47 Å². The number of fused-ring (bicyclic) bond motifs is 1. The van der Waals surface area contributed by atoms with Crippen LogP contribution in [0, 0.1) is 5.92 Å². The molecule has 1 heterocycles. The second kappa shape index (κ2) is 8.15. The van der Waals surface area contributed by atoms with E-state index in [1.807, 2.05) is 0 Å². The first-order valence-electron chi connectivity index (χ1n) is 8.81. The highest BCUT2D eigenvalue weighted by molar-refractivity contribution is 7.98. The highest BCUT2D eigenvalue weighted by Gasteiger charge is 2.21. The van der Waals surface area contributed by atoms with E-state index in [0.717, 1.165) is 31.1 Å². The molecule has 1 aliphatic heterocycles. The van der Waals surface area contributed by atoms with Crippen LogP contribution in [0.3, 0.4) is 0 Å². The van der Waals surface area contributed by atoms with E-state index in [4.69, 9.17) is 9.47 Å². The number of nitrogens with zero attached hydrogens (tertiary/aromatic N) is 1. The van der Waals surface area contributed by atoms with Crippen LogP contribution in [-0.2, 0) is 6.54 Å². The molecule has 0 saturated heterocycles. The molecule has 4 heteroatoms. The summed E-state index contributed by atoms with van der Waals surface area (Å²) in [6.07, 6.45) is 2.10. The van der Waals surface area contributed by atoms with Gasteiger partial charge in [-0.3, -0.25) is 4.90 Å². The number of hydrogen-bond donors (Lipinski definition) is 0. The lowest BCUT2D eigenvalue weighted by molar-refractivity contribution is 0.205. The normalized spacial score (nSPS) is 14.8. The zero-order chi connectivity index (χ0) is 17.8. The van der Waals surface area contributed by atoms with Crippen molar-refractivity contribution in [3.05, 3.63) is 42.0 Å². The lowest BCUT2D eigenvalue weighted by Gasteiger charge is -2.21. The SMILES string of the molecule is COc1cc(-c2ccc(SC)cc2)cc2c1OCCN(CC(C)C)C2. The highest BCUT2D eigenvalue weighted by atomic mass is 32.2. The van der Waals surface area contributed by atoms with Gasteiger partial charge in [-0.1, -0.05) is 26.0 Å². The van der Waals surface area contributed by atoms with Crippen LogP contribution in [0.25, 0.3) is 11.1 Å². The summed E-state index contributed by atoms with van der Waals surface area (Å²) >= 11 is 1.76. The Balaban J connectivity index is 1.97. The second-order valence-electron chi connectivity index (χ2n) is 6.87. The molecule has 3 nitrogen and oxygen atoms in total. The Labute approximate surface area is 155 Å². The van der Waals surface area contributed by atoms with Crippen LogP contribution in [0.1, 0.15) is 19.4 Å². The Morgan fingerprint density at radius 2 is 1.92 bits per heavy atom. The van der Waals surface area contributed by atoms with Gasteiger partial charge in [-0.15, -0.1) is 11.8 Å². The maximum atomic E-state index is 6.04. The molecular weight excluding hydrogens is 330 g/mol. The van der Waals surface area contributed by atoms with Gasteiger partial charge in [-0.25, -0.2) is 0 Å². The molecule has 134 valence electrons. The third-order valence-electron chi connectivity index (χ3n) is 4.45. The summed E-state index contributed by atoms with van der Waals surface area (Å²) in [6.45, 7) is 8.16. The van der Waals surface area contributed by atoms with E-state index in [-0.39, 0.29) is 0 Å². The molecule has 0 bridgehead atoms. The Hall–Kier alpha value is -1.65. The van der Waals surface area contributed by atoms with Crippen molar-refractivity contribution in [1.82, 2.24) is 4.90 Å². The molecule has 2 aromatic carbocycles. The summed E-state index contributed by atoms with van der Waals surface area (Å²) in [6, 6.07) is 13.0. The van der Waals surface area contributed by atoms with Gasteiger partial charge in [0, 0.05) is 30.1 Å². The fourth-order valence-electron chi connectivity index (χ4n) is 3.31. The molecule has 0 radical (unpaired) electrons. The second-order valence-corrected chi connectivity index (χ2v) is 7.75. The van der Waals surface area contributed by atoms with Gasteiger partial charge in [0.05, 0.1) is 7.11 Å². The molecular formula is C21H27NO2S. The zero-order valence-corrected chi connectivity index (χ0v) is 16.4. The first-order chi connectivity index (χ1) is 12.1.